The zero-order valence-corrected chi connectivity index (χ0v) is 13.3. The molecule has 1 aliphatic heterocycles. The molecule has 3 rings (SSSR count). The van der Waals surface area contributed by atoms with Crippen LogP contribution in [0.4, 0.5) is 0 Å². The van der Waals surface area contributed by atoms with Crippen LogP contribution in [0.3, 0.4) is 0 Å². The molecule has 100 valence electrons. The Bertz CT molecular complexity index is 631. The average molecular weight is 339 g/mol. The Labute approximate surface area is 125 Å². The highest BCUT2D eigenvalue weighted by Crippen LogP contribution is 2.31. The number of carbonyl (C=O) groups excluding carboxylic acids is 1. The van der Waals surface area contributed by atoms with Crippen LogP contribution in [0.5, 0.6) is 0 Å². The number of thiophene rings is 1. The quantitative estimate of drug-likeness (QED) is 0.775. The van der Waals surface area contributed by atoms with E-state index in [1.807, 2.05) is 16.3 Å². The molecular formula is C14H15BrN2OS. The zero-order chi connectivity index (χ0) is 13.6. The van der Waals surface area contributed by atoms with Crippen molar-refractivity contribution in [1.82, 2.24) is 9.47 Å². The van der Waals surface area contributed by atoms with Crippen LogP contribution in [-0.2, 0) is 6.54 Å². The number of aromatic nitrogens is 1. The standard InChI is InChI=1S/C14H15BrN2OS/c1-9-3-4-12-10(2)17(7-6-16(9)12)14(18)13-11(15)5-8-19-13/h3-5,8,10H,6-7H2,1-2H3. The Hall–Kier alpha value is -1.07. The third kappa shape index (κ3) is 2.05. The topological polar surface area (TPSA) is 25.2 Å². The van der Waals surface area contributed by atoms with Gasteiger partial charge in [0.2, 0.25) is 0 Å². The van der Waals surface area contributed by atoms with Crippen LogP contribution >= 0.6 is 27.3 Å². The highest BCUT2D eigenvalue weighted by molar-refractivity contribution is 9.10. The van der Waals surface area contributed by atoms with Gasteiger partial charge in [0.15, 0.2) is 0 Å². The van der Waals surface area contributed by atoms with Crippen molar-refractivity contribution in [3.8, 4) is 0 Å². The second kappa shape index (κ2) is 4.80. The van der Waals surface area contributed by atoms with E-state index in [0.29, 0.717) is 0 Å². The normalized spacial score (nSPS) is 18.5. The Kier molecular flexibility index (Phi) is 3.27. The van der Waals surface area contributed by atoms with Crippen molar-refractivity contribution in [2.45, 2.75) is 26.4 Å². The maximum atomic E-state index is 12.6. The molecule has 3 heterocycles. The lowest BCUT2D eigenvalue weighted by molar-refractivity contribution is 0.0647. The van der Waals surface area contributed by atoms with E-state index < -0.39 is 0 Å². The summed E-state index contributed by atoms with van der Waals surface area (Å²) in [6.07, 6.45) is 0. The Morgan fingerprint density at radius 2 is 2.16 bits per heavy atom. The van der Waals surface area contributed by atoms with Crippen molar-refractivity contribution in [2.24, 2.45) is 0 Å². The summed E-state index contributed by atoms with van der Waals surface area (Å²) in [6.45, 7) is 5.87. The van der Waals surface area contributed by atoms with Crippen molar-refractivity contribution in [2.75, 3.05) is 6.54 Å². The molecule has 0 fully saturated rings. The van der Waals surface area contributed by atoms with Gasteiger partial charge in [-0.3, -0.25) is 4.79 Å². The van der Waals surface area contributed by atoms with E-state index in [9.17, 15) is 4.79 Å². The summed E-state index contributed by atoms with van der Waals surface area (Å²) in [5.74, 6) is 0.125. The maximum absolute atomic E-state index is 12.6. The van der Waals surface area contributed by atoms with Crippen molar-refractivity contribution in [3.05, 3.63) is 44.3 Å². The van der Waals surface area contributed by atoms with Crippen LogP contribution in [0.15, 0.2) is 28.1 Å². The molecule has 0 N–H and O–H groups in total. The fraction of sp³-hybridized carbons (Fsp3) is 0.357. The number of halogens is 1. The largest absolute Gasteiger partial charge is 0.345 e. The highest BCUT2D eigenvalue weighted by Gasteiger charge is 2.30. The number of nitrogens with zero attached hydrogens (tertiary/aromatic N) is 2. The third-order valence-electron chi connectivity index (χ3n) is 3.77. The lowest BCUT2D eigenvalue weighted by atomic mass is 10.1. The molecule has 3 nitrogen and oxygen atoms in total. The zero-order valence-electron chi connectivity index (χ0n) is 10.9. The first-order valence-corrected chi connectivity index (χ1v) is 7.97. The van der Waals surface area contributed by atoms with Crippen molar-refractivity contribution in [3.63, 3.8) is 0 Å². The summed E-state index contributed by atoms with van der Waals surface area (Å²) in [6, 6.07) is 6.31. The Morgan fingerprint density at radius 3 is 2.84 bits per heavy atom. The molecular weight excluding hydrogens is 324 g/mol. The number of hydrogen-bond donors (Lipinski definition) is 0. The van der Waals surface area contributed by atoms with Gasteiger partial charge >= 0.3 is 0 Å². The minimum Gasteiger partial charge on any atom is -0.345 e. The molecule has 1 amide bonds. The van der Waals surface area contributed by atoms with E-state index >= 15 is 0 Å². The molecule has 0 spiro atoms. The lowest BCUT2D eigenvalue weighted by Gasteiger charge is -2.35. The number of aryl methyl sites for hydroxylation is 1. The summed E-state index contributed by atoms with van der Waals surface area (Å²) < 4.78 is 3.20. The predicted octanol–water partition coefficient (Wildman–Crippen LogP) is 3.84. The molecule has 0 bridgehead atoms. The van der Waals surface area contributed by atoms with Gasteiger partial charge in [-0.05, 0) is 53.4 Å². The number of fused-ring (bicyclic) bond motifs is 1. The van der Waals surface area contributed by atoms with Gasteiger partial charge in [-0.25, -0.2) is 0 Å². The molecule has 0 aromatic carbocycles. The van der Waals surface area contributed by atoms with Crippen LogP contribution < -0.4 is 0 Å². The third-order valence-corrected chi connectivity index (χ3v) is 5.59. The molecule has 1 atom stereocenters. The van der Waals surface area contributed by atoms with Crippen molar-refractivity contribution >= 4 is 33.2 Å². The molecule has 19 heavy (non-hydrogen) atoms. The molecule has 2 aromatic heterocycles. The number of rotatable bonds is 1. The van der Waals surface area contributed by atoms with E-state index in [0.717, 1.165) is 22.4 Å². The summed E-state index contributed by atoms with van der Waals surface area (Å²) in [5.41, 5.74) is 2.50. The second-order valence-electron chi connectivity index (χ2n) is 4.82. The van der Waals surface area contributed by atoms with Gasteiger partial charge in [-0.15, -0.1) is 11.3 Å². The first-order valence-electron chi connectivity index (χ1n) is 6.29. The number of hydrogen-bond acceptors (Lipinski definition) is 2. The summed E-state index contributed by atoms with van der Waals surface area (Å²) in [4.78, 5) is 15.4. The smallest absolute Gasteiger partial charge is 0.265 e. The summed E-state index contributed by atoms with van der Waals surface area (Å²) in [5, 5.41) is 1.94. The number of carbonyl (C=O) groups is 1. The van der Waals surface area contributed by atoms with E-state index in [-0.39, 0.29) is 11.9 Å². The van der Waals surface area contributed by atoms with Gasteiger partial charge in [0.1, 0.15) is 4.88 Å². The summed E-state index contributed by atoms with van der Waals surface area (Å²) in [7, 11) is 0. The van der Waals surface area contributed by atoms with Crippen LogP contribution in [0.2, 0.25) is 0 Å². The minimum absolute atomic E-state index is 0.125. The maximum Gasteiger partial charge on any atom is 0.265 e. The highest BCUT2D eigenvalue weighted by atomic mass is 79.9. The Balaban J connectivity index is 1.92. The Morgan fingerprint density at radius 1 is 1.37 bits per heavy atom. The van der Waals surface area contributed by atoms with Crippen molar-refractivity contribution < 1.29 is 4.79 Å². The van der Waals surface area contributed by atoms with Crippen LogP contribution in [0.1, 0.15) is 34.0 Å². The molecule has 0 saturated heterocycles. The van der Waals surface area contributed by atoms with Gasteiger partial charge in [-0.1, -0.05) is 0 Å². The minimum atomic E-state index is 0.125. The molecule has 1 unspecified atom stereocenters. The molecule has 0 radical (unpaired) electrons. The first-order chi connectivity index (χ1) is 9.09. The average Bonchev–Trinajstić information content (AvgIpc) is 2.97. The second-order valence-corrected chi connectivity index (χ2v) is 6.59. The van der Waals surface area contributed by atoms with Gasteiger partial charge in [0, 0.05) is 29.0 Å². The van der Waals surface area contributed by atoms with E-state index in [4.69, 9.17) is 0 Å². The summed E-state index contributed by atoms with van der Waals surface area (Å²) >= 11 is 4.94. The molecule has 1 aliphatic rings. The van der Waals surface area contributed by atoms with E-state index in [1.165, 1.54) is 22.7 Å². The molecule has 5 heteroatoms. The first kappa shape index (κ1) is 12.9. The van der Waals surface area contributed by atoms with E-state index in [2.05, 4.69) is 46.5 Å². The van der Waals surface area contributed by atoms with Crippen LogP contribution in [0.25, 0.3) is 0 Å². The monoisotopic (exact) mass is 338 g/mol. The molecule has 0 saturated carbocycles. The predicted molar refractivity (Wildman–Crippen MR) is 80.6 cm³/mol. The van der Waals surface area contributed by atoms with E-state index in [1.54, 1.807) is 0 Å². The van der Waals surface area contributed by atoms with Gasteiger partial charge in [-0.2, -0.15) is 0 Å². The fourth-order valence-electron chi connectivity index (χ4n) is 2.68. The lowest BCUT2D eigenvalue weighted by Crippen LogP contribution is -2.40. The van der Waals surface area contributed by atoms with Gasteiger partial charge in [0.25, 0.3) is 5.91 Å². The number of amides is 1. The van der Waals surface area contributed by atoms with Crippen molar-refractivity contribution in [1.29, 1.82) is 0 Å². The van der Waals surface area contributed by atoms with Crippen LogP contribution in [0, 0.1) is 6.92 Å². The van der Waals surface area contributed by atoms with Gasteiger partial charge < -0.3 is 9.47 Å². The SMILES string of the molecule is Cc1ccc2n1CCN(C(=O)c1sccc1Br)C2C. The molecule has 0 aliphatic carbocycles. The molecule has 2 aromatic rings. The van der Waals surface area contributed by atoms with Crippen LogP contribution in [-0.4, -0.2) is 21.9 Å². The fourth-order valence-corrected chi connectivity index (χ4v) is 4.17. The van der Waals surface area contributed by atoms with Gasteiger partial charge in [0.05, 0.1) is 6.04 Å².